The molecule has 0 spiro atoms. The summed E-state index contributed by atoms with van der Waals surface area (Å²) in [6, 6.07) is 2.00. The van der Waals surface area contributed by atoms with Crippen LogP contribution < -0.4 is 0 Å². The molecule has 2 rings (SSSR count). The predicted octanol–water partition coefficient (Wildman–Crippen LogP) is 3.15. The van der Waals surface area contributed by atoms with Crippen LogP contribution >= 0.6 is 11.8 Å². The first-order chi connectivity index (χ1) is 7.72. The Balaban J connectivity index is 2.08. The van der Waals surface area contributed by atoms with Crippen LogP contribution in [0.25, 0.3) is 0 Å². The van der Waals surface area contributed by atoms with Crippen molar-refractivity contribution in [1.82, 2.24) is 4.57 Å². The van der Waals surface area contributed by atoms with Gasteiger partial charge in [-0.25, -0.2) is 0 Å². The van der Waals surface area contributed by atoms with Crippen LogP contribution in [0.4, 0.5) is 0 Å². The summed E-state index contributed by atoms with van der Waals surface area (Å²) in [6.07, 6.45) is 8.24. The van der Waals surface area contributed by atoms with Gasteiger partial charge in [-0.1, -0.05) is 6.92 Å². The first-order valence-electron chi connectivity index (χ1n) is 5.96. The van der Waals surface area contributed by atoms with Crippen LogP contribution in [-0.2, 0) is 13.0 Å². The molecular weight excluding hydrogens is 218 g/mol. The lowest BCUT2D eigenvalue weighted by Crippen LogP contribution is -2.14. The zero-order valence-corrected chi connectivity index (χ0v) is 10.8. The smallest absolute Gasteiger partial charge is 0.164 e. The van der Waals surface area contributed by atoms with Crippen molar-refractivity contribution in [3.05, 3.63) is 23.5 Å². The highest BCUT2D eigenvalue weighted by atomic mass is 32.2. The molecule has 0 N–H and O–H groups in total. The molecule has 0 aliphatic heterocycles. The first kappa shape index (κ1) is 11.8. The van der Waals surface area contributed by atoms with Gasteiger partial charge in [0.05, 0.1) is 0 Å². The van der Waals surface area contributed by atoms with E-state index in [1.54, 1.807) is 0 Å². The highest BCUT2D eigenvalue weighted by Crippen LogP contribution is 2.23. The van der Waals surface area contributed by atoms with E-state index in [0.717, 1.165) is 31.4 Å². The Hall–Kier alpha value is -0.700. The summed E-state index contributed by atoms with van der Waals surface area (Å²) in [4.78, 5) is 11.7. The number of rotatable bonds is 4. The molecular formula is C13H19NOS. The average Bonchev–Trinajstić information content (AvgIpc) is 2.70. The average molecular weight is 237 g/mol. The fraction of sp³-hybridized carbons (Fsp3) is 0.615. The second-order valence-corrected chi connectivity index (χ2v) is 5.76. The molecule has 0 bridgehead atoms. The molecule has 1 aromatic rings. The van der Waals surface area contributed by atoms with Gasteiger partial charge in [-0.3, -0.25) is 4.79 Å². The van der Waals surface area contributed by atoms with E-state index >= 15 is 0 Å². The van der Waals surface area contributed by atoms with E-state index in [1.807, 2.05) is 17.8 Å². The van der Waals surface area contributed by atoms with Gasteiger partial charge in [0, 0.05) is 35.7 Å². The zero-order valence-electron chi connectivity index (χ0n) is 10.0. The number of thioether (sulfide) groups is 1. The summed E-state index contributed by atoms with van der Waals surface area (Å²) < 4.78 is 2.28. The summed E-state index contributed by atoms with van der Waals surface area (Å²) >= 11 is 1.90. The van der Waals surface area contributed by atoms with E-state index in [2.05, 4.69) is 23.9 Å². The summed E-state index contributed by atoms with van der Waals surface area (Å²) in [5.41, 5.74) is 2.24. The van der Waals surface area contributed by atoms with Crippen LogP contribution in [0, 0.1) is 0 Å². The third-order valence-corrected chi connectivity index (χ3v) is 4.42. The van der Waals surface area contributed by atoms with E-state index in [0.29, 0.717) is 11.0 Å². The molecule has 2 nitrogen and oxygen atoms in total. The summed E-state index contributed by atoms with van der Waals surface area (Å²) in [5, 5.41) is 0.692. The van der Waals surface area contributed by atoms with Crippen LogP contribution in [0.15, 0.2) is 12.3 Å². The lowest BCUT2D eigenvalue weighted by Gasteiger charge is -2.16. The van der Waals surface area contributed by atoms with Crippen molar-refractivity contribution in [1.29, 1.82) is 0 Å². The van der Waals surface area contributed by atoms with E-state index in [-0.39, 0.29) is 0 Å². The van der Waals surface area contributed by atoms with Crippen molar-refractivity contribution in [3.63, 3.8) is 0 Å². The van der Waals surface area contributed by atoms with Gasteiger partial charge in [0.25, 0.3) is 0 Å². The summed E-state index contributed by atoms with van der Waals surface area (Å²) in [5.74, 6) is 0.331. The van der Waals surface area contributed by atoms with Crippen LogP contribution in [0.1, 0.15) is 42.2 Å². The molecule has 0 saturated heterocycles. The second-order valence-electron chi connectivity index (χ2n) is 4.48. The maximum absolute atomic E-state index is 11.7. The van der Waals surface area contributed by atoms with E-state index in [1.165, 1.54) is 12.1 Å². The molecule has 0 aromatic carbocycles. The molecule has 1 heterocycles. The molecule has 88 valence electrons. The third-order valence-electron chi connectivity index (χ3n) is 3.38. The molecule has 1 aliphatic carbocycles. The number of aromatic nitrogens is 1. The lowest BCUT2D eigenvalue weighted by molar-refractivity contribution is 0.0972. The van der Waals surface area contributed by atoms with E-state index in [4.69, 9.17) is 0 Å². The number of fused-ring (bicyclic) bond motifs is 1. The van der Waals surface area contributed by atoms with E-state index in [9.17, 15) is 4.79 Å². The van der Waals surface area contributed by atoms with Crippen LogP contribution in [0.2, 0.25) is 0 Å². The van der Waals surface area contributed by atoms with Crippen LogP contribution in [0.3, 0.4) is 0 Å². The number of ketones is 1. The zero-order chi connectivity index (χ0) is 11.5. The number of carbonyl (C=O) groups excluding carboxylic acids is 1. The Morgan fingerprint density at radius 3 is 3.06 bits per heavy atom. The number of nitrogens with zero attached hydrogens (tertiary/aromatic N) is 1. The van der Waals surface area contributed by atoms with Gasteiger partial charge in [0.15, 0.2) is 5.78 Å². The molecule has 0 amide bonds. The predicted molar refractivity (Wildman–Crippen MR) is 69.3 cm³/mol. The van der Waals surface area contributed by atoms with Crippen molar-refractivity contribution in [3.8, 4) is 0 Å². The minimum absolute atomic E-state index is 0.331. The second kappa shape index (κ2) is 5.09. The number of carbonyl (C=O) groups is 1. The van der Waals surface area contributed by atoms with Gasteiger partial charge >= 0.3 is 0 Å². The minimum atomic E-state index is 0.331. The van der Waals surface area contributed by atoms with Crippen molar-refractivity contribution in [2.45, 2.75) is 44.4 Å². The highest BCUT2D eigenvalue weighted by molar-refractivity contribution is 7.99. The van der Waals surface area contributed by atoms with Gasteiger partial charge in [-0.05, 0) is 31.6 Å². The SMILES string of the molecule is CSC(C)CCn1ccc2c1CCCC2=O. The van der Waals surface area contributed by atoms with Crippen LogP contribution in [-0.4, -0.2) is 21.9 Å². The van der Waals surface area contributed by atoms with Gasteiger partial charge in [0.1, 0.15) is 0 Å². The van der Waals surface area contributed by atoms with Crippen LogP contribution in [0.5, 0.6) is 0 Å². The molecule has 0 radical (unpaired) electrons. The Morgan fingerprint density at radius 2 is 2.31 bits per heavy atom. The molecule has 3 heteroatoms. The van der Waals surface area contributed by atoms with Gasteiger partial charge in [0.2, 0.25) is 0 Å². The molecule has 16 heavy (non-hydrogen) atoms. The fourth-order valence-electron chi connectivity index (χ4n) is 2.24. The normalized spacial score (nSPS) is 17.2. The van der Waals surface area contributed by atoms with Crippen molar-refractivity contribution in [2.75, 3.05) is 6.26 Å². The standard InChI is InChI=1S/C13H19NOS/c1-10(16-2)6-8-14-9-7-11-12(14)4-3-5-13(11)15/h7,9-10H,3-6,8H2,1-2H3. The Morgan fingerprint density at radius 1 is 1.50 bits per heavy atom. The molecule has 0 saturated carbocycles. The first-order valence-corrected chi connectivity index (χ1v) is 7.25. The van der Waals surface area contributed by atoms with E-state index < -0.39 is 0 Å². The Labute approximate surface area is 101 Å². The summed E-state index contributed by atoms with van der Waals surface area (Å²) in [6.45, 7) is 3.30. The third kappa shape index (κ3) is 2.34. The quantitative estimate of drug-likeness (QED) is 0.802. The van der Waals surface area contributed by atoms with Crippen molar-refractivity contribution >= 4 is 17.5 Å². The minimum Gasteiger partial charge on any atom is -0.351 e. The van der Waals surface area contributed by atoms with Gasteiger partial charge in [-0.2, -0.15) is 11.8 Å². The number of hydrogen-bond acceptors (Lipinski definition) is 2. The number of aryl methyl sites for hydroxylation is 1. The van der Waals surface area contributed by atoms with Gasteiger partial charge < -0.3 is 4.57 Å². The highest BCUT2D eigenvalue weighted by Gasteiger charge is 2.20. The molecule has 1 aliphatic rings. The Kier molecular flexibility index (Phi) is 3.74. The monoisotopic (exact) mass is 237 g/mol. The Bertz CT molecular complexity index is 383. The molecule has 0 fully saturated rings. The fourth-order valence-corrected chi connectivity index (χ4v) is 2.58. The maximum Gasteiger partial charge on any atom is 0.164 e. The molecule has 1 unspecified atom stereocenters. The van der Waals surface area contributed by atoms with Gasteiger partial charge in [-0.15, -0.1) is 0 Å². The molecule has 1 atom stereocenters. The summed E-state index contributed by atoms with van der Waals surface area (Å²) in [7, 11) is 0. The molecule has 1 aromatic heterocycles. The topological polar surface area (TPSA) is 22.0 Å². The van der Waals surface area contributed by atoms with Crippen molar-refractivity contribution < 1.29 is 4.79 Å². The number of Topliss-reactive ketones (excluding diaryl/α,β-unsaturated/α-hetero) is 1. The largest absolute Gasteiger partial charge is 0.351 e. The number of hydrogen-bond donors (Lipinski definition) is 0. The van der Waals surface area contributed by atoms with Crippen molar-refractivity contribution in [2.24, 2.45) is 0 Å². The maximum atomic E-state index is 11.7. The lowest BCUT2D eigenvalue weighted by atomic mass is 9.97.